The number of hydrogen-bond acceptors (Lipinski definition) is 3. The topological polar surface area (TPSA) is 52.7 Å². The largest absolute Gasteiger partial charge is 0.347 e. The molecule has 1 atom stereocenters. The lowest BCUT2D eigenvalue weighted by atomic mass is 9.88. The maximum atomic E-state index is 12.0. The number of carbonyl (C=O) groups excluding carboxylic acids is 2. The molecule has 0 aliphatic carbocycles. The molecular weight excluding hydrogens is 254 g/mol. The first-order valence-corrected chi connectivity index (χ1v) is 7.39. The van der Waals surface area contributed by atoms with E-state index >= 15 is 0 Å². The SMILES string of the molecule is CC(C)C(=O)NCC(=O)N(C)CC1CCN(C)C1(C)C. The first-order valence-electron chi connectivity index (χ1n) is 7.39. The number of nitrogens with zero attached hydrogens (tertiary/aromatic N) is 2. The molecule has 0 bridgehead atoms. The standard InChI is InChI=1S/C15H29N3O2/c1-11(2)14(20)16-9-13(19)17(5)10-12-7-8-18(6)15(12,3)4/h11-12H,7-10H2,1-6H3,(H,16,20). The molecule has 1 saturated heterocycles. The lowest BCUT2D eigenvalue weighted by molar-refractivity contribution is -0.133. The summed E-state index contributed by atoms with van der Waals surface area (Å²) in [5.41, 5.74) is 0.121. The molecule has 1 aliphatic heterocycles. The van der Waals surface area contributed by atoms with Gasteiger partial charge in [-0.3, -0.25) is 9.59 Å². The summed E-state index contributed by atoms with van der Waals surface area (Å²) in [5, 5.41) is 2.68. The molecule has 5 heteroatoms. The van der Waals surface area contributed by atoms with Crippen LogP contribution >= 0.6 is 0 Å². The Morgan fingerprint density at radius 1 is 1.40 bits per heavy atom. The van der Waals surface area contributed by atoms with Gasteiger partial charge in [0.15, 0.2) is 0 Å². The molecule has 1 heterocycles. The van der Waals surface area contributed by atoms with Crippen molar-refractivity contribution in [3.63, 3.8) is 0 Å². The predicted octanol–water partition coefficient (Wildman–Crippen LogP) is 0.947. The summed E-state index contributed by atoms with van der Waals surface area (Å²) in [6.07, 6.45) is 1.11. The number of carbonyl (C=O) groups is 2. The van der Waals surface area contributed by atoms with Crippen LogP contribution in [0.3, 0.4) is 0 Å². The lowest BCUT2D eigenvalue weighted by Gasteiger charge is -2.35. The van der Waals surface area contributed by atoms with E-state index in [0.29, 0.717) is 5.92 Å². The van der Waals surface area contributed by atoms with Crippen LogP contribution in [0, 0.1) is 11.8 Å². The van der Waals surface area contributed by atoms with Crippen LogP contribution in [0.1, 0.15) is 34.1 Å². The molecule has 1 aliphatic rings. The fraction of sp³-hybridized carbons (Fsp3) is 0.867. The molecule has 20 heavy (non-hydrogen) atoms. The Morgan fingerprint density at radius 2 is 2.00 bits per heavy atom. The van der Waals surface area contributed by atoms with Crippen molar-refractivity contribution in [1.82, 2.24) is 15.1 Å². The summed E-state index contributed by atoms with van der Waals surface area (Å²) >= 11 is 0. The van der Waals surface area contributed by atoms with Crippen molar-refractivity contribution in [1.29, 1.82) is 0 Å². The number of nitrogens with one attached hydrogen (secondary N) is 1. The van der Waals surface area contributed by atoms with Crippen LogP contribution in [0.15, 0.2) is 0 Å². The normalized spacial score (nSPS) is 22.1. The molecule has 0 radical (unpaired) electrons. The number of rotatable bonds is 5. The van der Waals surface area contributed by atoms with E-state index in [-0.39, 0.29) is 29.8 Å². The molecule has 1 unspecified atom stereocenters. The highest BCUT2D eigenvalue weighted by atomic mass is 16.2. The fourth-order valence-electron chi connectivity index (χ4n) is 2.55. The molecule has 0 saturated carbocycles. The van der Waals surface area contributed by atoms with E-state index < -0.39 is 0 Å². The highest BCUT2D eigenvalue weighted by Crippen LogP contribution is 2.33. The van der Waals surface area contributed by atoms with E-state index in [0.717, 1.165) is 19.5 Å². The van der Waals surface area contributed by atoms with Crippen molar-refractivity contribution in [3.8, 4) is 0 Å². The van der Waals surface area contributed by atoms with Gasteiger partial charge in [0.1, 0.15) is 0 Å². The zero-order valence-electron chi connectivity index (χ0n) is 13.7. The lowest BCUT2D eigenvalue weighted by Crippen LogP contribution is -2.46. The number of likely N-dealkylation sites (tertiary alicyclic amines) is 1. The maximum Gasteiger partial charge on any atom is 0.241 e. The van der Waals surface area contributed by atoms with Crippen molar-refractivity contribution in [2.75, 3.05) is 33.7 Å². The fourth-order valence-corrected chi connectivity index (χ4v) is 2.55. The number of likely N-dealkylation sites (N-methyl/N-ethyl adjacent to an activating group) is 1. The van der Waals surface area contributed by atoms with Crippen LogP contribution in [0.4, 0.5) is 0 Å². The molecule has 1 fully saturated rings. The van der Waals surface area contributed by atoms with Gasteiger partial charge in [-0.2, -0.15) is 0 Å². The first-order chi connectivity index (χ1) is 9.16. The monoisotopic (exact) mass is 283 g/mol. The smallest absolute Gasteiger partial charge is 0.241 e. The molecule has 5 nitrogen and oxygen atoms in total. The summed E-state index contributed by atoms with van der Waals surface area (Å²) in [4.78, 5) is 27.6. The molecule has 1 rings (SSSR count). The molecule has 0 aromatic rings. The van der Waals surface area contributed by atoms with Gasteiger partial charge in [-0.25, -0.2) is 0 Å². The third-order valence-electron chi connectivity index (χ3n) is 4.65. The third-order valence-corrected chi connectivity index (χ3v) is 4.65. The number of hydrogen-bond donors (Lipinski definition) is 1. The van der Waals surface area contributed by atoms with Crippen LogP contribution in [0.5, 0.6) is 0 Å². The van der Waals surface area contributed by atoms with Crippen LogP contribution < -0.4 is 5.32 Å². The quantitative estimate of drug-likeness (QED) is 0.817. The zero-order chi connectivity index (χ0) is 15.5. The van der Waals surface area contributed by atoms with Gasteiger partial charge < -0.3 is 15.1 Å². The number of amides is 2. The Balaban J connectivity index is 2.45. The highest BCUT2D eigenvalue weighted by Gasteiger charge is 2.39. The Kier molecular flexibility index (Phi) is 5.57. The molecule has 2 amide bonds. The maximum absolute atomic E-state index is 12.0. The van der Waals surface area contributed by atoms with Gasteiger partial charge in [0.2, 0.25) is 11.8 Å². The summed E-state index contributed by atoms with van der Waals surface area (Å²) in [5.74, 6) is 0.287. The van der Waals surface area contributed by atoms with Gasteiger partial charge in [-0.1, -0.05) is 13.8 Å². The molecule has 0 aromatic heterocycles. The van der Waals surface area contributed by atoms with Gasteiger partial charge in [0.05, 0.1) is 6.54 Å². The minimum absolute atomic E-state index is 0.0237. The average Bonchev–Trinajstić information content (AvgIpc) is 2.61. The Labute approximate surface area is 122 Å². The van der Waals surface area contributed by atoms with Crippen LogP contribution in [-0.4, -0.2) is 60.9 Å². The average molecular weight is 283 g/mol. The molecule has 116 valence electrons. The minimum atomic E-state index is -0.0875. The Bertz CT molecular complexity index is 366. The molecule has 1 N–H and O–H groups in total. The zero-order valence-corrected chi connectivity index (χ0v) is 13.7. The minimum Gasteiger partial charge on any atom is -0.347 e. The van der Waals surface area contributed by atoms with Gasteiger partial charge in [0, 0.05) is 25.0 Å². The van der Waals surface area contributed by atoms with E-state index in [1.807, 2.05) is 20.9 Å². The molecule has 0 spiro atoms. The summed E-state index contributed by atoms with van der Waals surface area (Å²) in [6.45, 7) is 10.0. The van der Waals surface area contributed by atoms with Crippen LogP contribution in [-0.2, 0) is 9.59 Å². The molecular formula is C15H29N3O2. The van der Waals surface area contributed by atoms with Gasteiger partial charge >= 0.3 is 0 Å². The second-order valence-corrected chi connectivity index (χ2v) is 6.71. The van der Waals surface area contributed by atoms with E-state index in [4.69, 9.17) is 0 Å². The van der Waals surface area contributed by atoms with Crippen LogP contribution in [0.25, 0.3) is 0 Å². The summed E-state index contributed by atoms with van der Waals surface area (Å²) in [6, 6.07) is 0. The van der Waals surface area contributed by atoms with E-state index in [1.165, 1.54) is 0 Å². The highest BCUT2D eigenvalue weighted by molar-refractivity contribution is 5.85. The predicted molar refractivity (Wildman–Crippen MR) is 80.3 cm³/mol. The Morgan fingerprint density at radius 3 is 2.45 bits per heavy atom. The van der Waals surface area contributed by atoms with E-state index in [9.17, 15) is 9.59 Å². The van der Waals surface area contributed by atoms with E-state index in [1.54, 1.807) is 4.90 Å². The van der Waals surface area contributed by atoms with Crippen molar-refractivity contribution >= 4 is 11.8 Å². The first kappa shape index (κ1) is 17.0. The van der Waals surface area contributed by atoms with Gasteiger partial charge in [0.25, 0.3) is 0 Å². The van der Waals surface area contributed by atoms with Gasteiger partial charge in [-0.15, -0.1) is 0 Å². The van der Waals surface area contributed by atoms with E-state index in [2.05, 4.69) is 31.1 Å². The second-order valence-electron chi connectivity index (χ2n) is 6.71. The van der Waals surface area contributed by atoms with Crippen LogP contribution in [0.2, 0.25) is 0 Å². The van der Waals surface area contributed by atoms with Crippen molar-refractivity contribution in [2.45, 2.75) is 39.7 Å². The van der Waals surface area contributed by atoms with Crippen molar-refractivity contribution in [2.24, 2.45) is 11.8 Å². The summed E-state index contributed by atoms with van der Waals surface area (Å²) in [7, 11) is 3.95. The second kappa shape index (κ2) is 6.57. The third kappa shape index (κ3) is 3.95. The summed E-state index contributed by atoms with van der Waals surface area (Å²) < 4.78 is 0. The van der Waals surface area contributed by atoms with Crippen molar-refractivity contribution in [3.05, 3.63) is 0 Å². The van der Waals surface area contributed by atoms with Crippen molar-refractivity contribution < 1.29 is 9.59 Å². The Hall–Kier alpha value is -1.10. The molecule has 0 aromatic carbocycles. The van der Waals surface area contributed by atoms with Gasteiger partial charge in [-0.05, 0) is 39.8 Å².